The number of carbonyl (C=O) groups is 1. The first kappa shape index (κ1) is 17.2. The van der Waals surface area contributed by atoms with Crippen molar-refractivity contribution in [2.75, 3.05) is 13.1 Å². The fourth-order valence-electron chi connectivity index (χ4n) is 4.38. The lowest BCUT2D eigenvalue weighted by Crippen LogP contribution is -2.69. The number of halogens is 1. The highest BCUT2D eigenvalue weighted by molar-refractivity contribution is 5.97. The van der Waals surface area contributed by atoms with Crippen molar-refractivity contribution in [3.8, 4) is 0 Å². The monoisotopic (exact) mass is 348 g/mol. The van der Waals surface area contributed by atoms with Gasteiger partial charge in [-0.05, 0) is 63.9 Å². The molecule has 1 amide bonds. The van der Waals surface area contributed by atoms with Crippen LogP contribution in [0, 0.1) is 5.92 Å². The molecule has 0 unspecified atom stereocenters. The summed E-state index contributed by atoms with van der Waals surface area (Å²) in [6.07, 6.45) is 4.16. The lowest BCUT2D eigenvalue weighted by atomic mass is 9.72. The third-order valence-corrected chi connectivity index (χ3v) is 5.86. The van der Waals surface area contributed by atoms with Crippen LogP contribution in [0.1, 0.15) is 37.0 Å². The van der Waals surface area contributed by atoms with Gasteiger partial charge in [0.15, 0.2) is 0 Å². The molecule has 1 N–H and O–H groups in total. The number of aryl methyl sites for hydroxylation is 1. The van der Waals surface area contributed by atoms with Crippen molar-refractivity contribution in [2.24, 2.45) is 13.0 Å². The average Bonchev–Trinajstić information content (AvgIpc) is 2.92. The number of hydrogen-bond acceptors (Lipinski definition) is 3. The first-order valence-corrected chi connectivity index (χ1v) is 8.44. The van der Waals surface area contributed by atoms with Crippen molar-refractivity contribution in [1.29, 1.82) is 0 Å². The number of piperidine rings is 3. The molecule has 24 heavy (non-hydrogen) atoms. The van der Waals surface area contributed by atoms with Gasteiger partial charge >= 0.3 is 0 Å². The summed E-state index contributed by atoms with van der Waals surface area (Å²) in [5.41, 5.74) is 2.65. The molecule has 2 bridgehead atoms. The summed E-state index contributed by atoms with van der Waals surface area (Å²) in [4.78, 5) is 19.6. The number of carbonyl (C=O) groups excluding carboxylic acids is 1. The second-order valence-electron chi connectivity index (χ2n) is 7.49. The van der Waals surface area contributed by atoms with E-state index in [4.69, 9.17) is 0 Å². The highest BCUT2D eigenvalue weighted by Crippen LogP contribution is 2.39. The zero-order valence-electron chi connectivity index (χ0n) is 14.5. The number of benzene rings is 1. The summed E-state index contributed by atoms with van der Waals surface area (Å²) >= 11 is 0. The van der Waals surface area contributed by atoms with E-state index in [-0.39, 0.29) is 29.9 Å². The maximum absolute atomic E-state index is 12.8. The van der Waals surface area contributed by atoms with Gasteiger partial charge < -0.3 is 9.88 Å². The van der Waals surface area contributed by atoms with Gasteiger partial charge in [0.05, 0.1) is 17.4 Å². The van der Waals surface area contributed by atoms with Crippen LogP contribution in [0.15, 0.2) is 24.5 Å². The number of amides is 1. The normalized spacial score (nSPS) is 27.7. The Morgan fingerprint density at radius 1 is 1.29 bits per heavy atom. The number of nitrogens with one attached hydrogen (secondary N) is 1. The van der Waals surface area contributed by atoms with Crippen LogP contribution in [-0.2, 0) is 7.05 Å². The Morgan fingerprint density at radius 3 is 2.67 bits per heavy atom. The molecule has 3 fully saturated rings. The molecule has 3 aliphatic heterocycles. The first-order valence-electron chi connectivity index (χ1n) is 8.44. The van der Waals surface area contributed by atoms with Crippen LogP contribution in [0.5, 0.6) is 0 Å². The van der Waals surface area contributed by atoms with Gasteiger partial charge in [0.25, 0.3) is 5.91 Å². The Hall–Kier alpha value is -1.59. The van der Waals surface area contributed by atoms with Crippen molar-refractivity contribution in [2.45, 2.75) is 38.3 Å². The third kappa shape index (κ3) is 2.60. The van der Waals surface area contributed by atoms with Gasteiger partial charge in [-0.15, -0.1) is 12.4 Å². The maximum Gasteiger partial charge on any atom is 0.251 e. The fraction of sp³-hybridized carbons (Fsp3) is 0.556. The summed E-state index contributed by atoms with van der Waals surface area (Å²) in [6.45, 7) is 6.82. The van der Waals surface area contributed by atoms with E-state index >= 15 is 0 Å². The minimum atomic E-state index is 0. The molecule has 1 atom stereocenters. The molecule has 3 saturated heterocycles. The molecule has 130 valence electrons. The number of imidazole rings is 1. The molecular formula is C18H25ClN4O. The van der Waals surface area contributed by atoms with Gasteiger partial charge in [0, 0.05) is 24.2 Å². The Balaban J connectivity index is 0.00000169. The smallest absolute Gasteiger partial charge is 0.251 e. The maximum atomic E-state index is 12.8. The molecule has 5 nitrogen and oxygen atoms in total. The van der Waals surface area contributed by atoms with Crippen molar-refractivity contribution < 1.29 is 4.79 Å². The van der Waals surface area contributed by atoms with Crippen molar-refractivity contribution in [3.63, 3.8) is 0 Å². The molecule has 1 aromatic heterocycles. The number of rotatable bonds is 2. The van der Waals surface area contributed by atoms with E-state index in [1.807, 2.05) is 29.8 Å². The van der Waals surface area contributed by atoms with Crippen LogP contribution in [0.4, 0.5) is 0 Å². The van der Waals surface area contributed by atoms with E-state index in [1.165, 1.54) is 12.8 Å². The summed E-state index contributed by atoms with van der Waals surface area (Å²) in [5.74, 6) is 0.613. The molecule has 0 aliphatic carbocycles. The third-order valence-electron chi connectivity index (χ3n) is 5.86. The number of nitrogens with zero attached hydrogens (tertiary/aromatic N) is 3. The van der Waals surface area contributed by atoms with Crippen LogP contribution in [0.3, 0.4) is 0 Å². The summed E-state index contributed by atoms with van der Waals surface area (Å²) in [5, 5.41) is 3.31. The number of aromatic nitrogens is 2. The van der Waals surface area contributed by atoms with Gasteiger partial charge in [-0.2, -0.15) is 0 Å². The molecular weight excluding hydrogens is 324 g/mol. The standard InChI is InChI=1S/C18H24N4O.ClH/c1-18(2)16(12-6-8-22(18)9-7-12)20-17(23)13-4-5-15-14(10-13)19-11-21(15)3;/h4-5,10-12,16H,6-9H2,1-3H3,(H,20,23);1H/t16-;/m1./s1. The van der Waals surface area contributed by atoms with E-state index in [2.05, 4.69) is 29.0 Å². The van der Waals surface area contributed by atoms with Crippen LogP contribution < -0.4 is 5.32 Å². The molecule has 0 saturated carbocycles. The molecule has 0 radical (unpaired) electrons. The quantitative estimate of drug-likeness (QED) is 0.907. The van der Waals surface area contributed by atoms with E-state index in [0.717, 1.165) is 24.1 Å². The zero-order valence-corrected chi connectivity index (χ0v) is 15.3. The van der Waals surface area contributed by atoms with E-state index in [9.17, 15) is 4.79 Å². The molecule has 2 aromatic rings. The van der Waals surface area contributed by atoms with Gasteiger partial charge in [-0.25, -0.2) is 4.98 Å². The van der Waals surface area contributed by atoms with E-state index in [0.29, 0.717) is 11.5 Å². The highest BCUT2D eigenvalue weighted by Gasteiger charge is 2.48. The molecule has 0 spiro atoms. The summed E-state index contributed by atoms with van der Waals surface area (Å²) < 4.78 is 1.97. The summed E-state index contributed by atoms with van der Waals surface area (Å²) in [7, 11) is 1.96. The molecule has 1 aromatic carbocycles. The van der Waals surface area contributed by atoms with E-state index < -0.39 is 0 Å². The van der Waals surface area contributed by atoms with Gasteiger partial charge in [-0.3, -0.25) is 9.69 Å². The second-order valence-corrected chi connectivity index (χ2v) is 7.49. The van der Waals surface area contributed by atoms with Crippen LogP contribution in [0.25, 0.3) is 11.0 Å². The van der Waals surface area contributed by atoms with Gasteiger partial charge in [-0.1, -0.05) is 0 Å². The van der Waals surface area contributed by atoms with E-state index in [1.54, 1.807) is 6.33 Å². The topological polar surface area (TPSA) is 50.2 Å². The predicted octanol–water partition coefficient (Wildman–Crippen LogP) is 2.60. The van der Waals surface area contributed by atoms with Crippen molar-refractivity contribution >= 4 is 29.3 Å². The highest BCUT2D eigenvalue weighted by atomic mass is 35.5. The minimum Gasteiger partial charge on any atom is -0.347 e. The second kappa shape index (κ2) is 6.05. The Bertz CT molecular complexity index is 761. The van der Waals surface area contributed by atoms with Crippen LogP contribution >= 0.6 is 12.4 Å². The molecule has 4 heterocycles. The zero-order chi connectivity index (χ0) is 16.2. The number of hydrogen-bond donors (Lipinski definition) is 1. The van der Waals surface area contributed by atoms with Gasteiger partial charge in [0.1, 0.15) is 0 Å². The lowest BCUT2D eigenvalue weighted by molar-refractivity contribution is -0.0378. The Labute approximate surface area is 148 Å². The number of fused-ring (bicyclic) bond motifs is 4. The van der Waals surface area contributed by atoms with Gasteiger partial charge in [0.2, 0.25) is 0 Å². The van der Waals surface area contributed by atoms with Crippen LogP contribution in [-0.4, -0.2) is 45.0 Å². The van der Waals surface area contributed by atoms with Crippen molar-refractivity contribution in [1.82, 2.24) is 19.8 Å². The molecule has 3 aliphatic rings. The molecule has 5 rings (SSSR count). The average molecular weight is 349 g/mol. The first-order chi connectivity index (χ1) is 11.0. The van der Waals surface area contributed by atoms with Crippen molar-refractivity contribution in [3.05, 3.63) is 30.1 Å². The minimum absolute atomic E-state index is 0. The Morgan fingerprint density at radius 2 is 2.00 bits per heavy atom. The molecule has 6 heteroatoms. The predicted molar refractivity (Wildman–Crippen MR) is 97.6 cm³/mol. The SMILES string of the molecule is Cl.Cn1cnc2cc(C(=O)N[C@@H]3C4CCN(CC4)C3(C)C)ccc21. The lowest BCUT2D eigenvalue weighted by Gasteiger charge is -2.56. The largest absolute Gasteiger partial charge is 0.347 e. The summed E-state index contributed by atoms with van der Waals surface area (Å²) in [6, 6.07) is 5.97. The van der Waals surface area contributed by atoms with Crippen LogP contribution in [0.2, 0.25) is 0 Å². The Kier molecular flexibility index (Phi) is 4.34. The fourth-order valence-corrected chi connectivity index (χ4v) is 4.38.